The van der Waals surface area contributed by atoms with E-state index < -0.39 is 0 Å². The van der Waals surface area contributed by atoms with Crippen molar-refractivity contribution in [3.8, 4) is 0 Å². The molecule has 0 saturated heterocycles. The first-order valence-electron chi connectivity index (χ1n) is 6.71. The monoisotopic (exact) mass is 300 g/mol. The van der Waals surface area contributed by atoms with Gasteiger partial charge in [0, 0.05) is 11.8 Å². The van der Waals surface area contributed by atoms with Crippen LogP contribution in [0.1, 0.15) is 22.8 Å². The van der Waals surface area contributed by atoms with Gasteiger partial charge in [0.15, 0.2) is 5.16 Å². The molecular weight excluding hydrogens is 284 g/mol. The van der Waals surface area contributed by atoms with E-state index in [2.05, 4.69) is 32.1 Å². The van der Waals surface area contributed by atoms with E-state index in [1.54, 1.807) is 11.8 Å². The molecule has 0 aliphatic carbocycles. The van der Waals surface area contributed by atoms with Gasteiger partial charge in [-0.05, 0) is 19.4 Å². The van der Waals surface area contributed by atoms with E-state index in [9.17, 15) is 0 Å². The predicted octanol–water partition coefficient (Wildman–Crippen LogP) is 3.22. The van der Waals surface area contributed by atoms with Gasteiger partial charge in [0.1, 0.15) is 11.6 Å². The molecule has 6 heteroatoms. The summed E-state index contributed by atoms with van der Waals surface area (Å²) < 4.78 is 7.20. The molecule has 0 bridgehead atoms. The molecule has 5 nitrogen and oxygen atoms in total. The standard InChI is InChI=1S/C15H16N4OS/c1-11-8-14(18-20-11)10-21-15-17-16-12(2)19(15)9-13-6-4-3-5-7-13/h3-8H,9-10H2,1-2H3. The van der Waals surface area contributed by atoms with Crippen molar-refractivity contribution in [2.24, 2.45) is 0 Å². The Morgan fingerprint density at radius 2 is 1.95 bits per heavy atom. The van der Waals surface area contributed by atoms with Gasteiger partial charge in [0.05, 0.1) is 12.2 Å². The maximum Gasteiger partial charge on any atom is 0.191 e. The SMILES string of the molecule is Cc1cc(CSc2nnc(C)n2Cc2ccccc2)no1. The molecule has 1 aromatic carbocycles. The molecule has 0 radical (unpaired) electrons. The second-order valence-electron chi connectivity index (χ2n) is 4.82. The van der Waals surface area contributed by atoms with E-state index in [1.165, 1.54) is 5.56 Å². The Morgan fingerprint density at radius 1 is 1.14 bits per heavy atom. The number of aromatic nitrogens is 4. The molecule has 0 aliphatic heterocycles. The molecule has 0 amide bonds. The summed E-state index contributed by atoms with van der Waals surface area (Å²) in [5.41, 5.74) is 2.16. The number of thioether (sulfide) groups is 1. The van der Waals surface area contributed by atoms with Crippen molar-refractivity contribution in [3.63, 3.8) is 0 Å². The van der Waals surface area contributed by atoms with E-state index in [0.717, 1.165) is 34.7 Å². The fourth-order valence-corrected chi connectivity index (χ4v) is 2.90. The van der Waals surface area contributed by atoms with Crippen molar-refractivity contribution in [1.82, 2.24) is 19.9 Å². The van der Waals surface area contributed by atoms with Crippen molar-refractivity contribution in [2.45, 2.75) is 31.3 Å². The molecule has 0 saturated carbocycles. The van der Waals surface area contributed by atoms with Crippen molar-refractivity contribution < 1.29 is 4.52 Å². The lowest BCUT2D eigenvalue weighted by Gasteiger charge is -2.07. The van der Waals surface area contributed by atoms with Gasteiger partial charge in [0.2, 0.25) is 0 Å². The molecule has 2 aromatic heterocycles. The van der Waals surface area contributed by atoms with Crippen molar-refractivity contribution in [3.05, 3.63) is 59.2 Å². The van der Waals surface area contributed by atoms with Gasteiger partial charge in [0.25, 0.3) is 0 Å². The Balaban J connectivity index is 1.74. The van der Waals surface area contributed by atoms with Gasteiger partial charge in [-0.3, -0.25) is 0 Å². The highest BCUT2D eigenvalue weighted by atomic mass is 32.2. The summed E-state index contributed by atoms with van der Waals surface area (Å²) in [6.07, 6.45) is 0. The summed E-state index contributed by atoms with van der Waals surface area (Å²) >= 11 is 1.62. The lowest BCUT2D eigenvalue weighted by molar-refractivity contribution is 0.393. The summed E-state index contributed by atoms with van der Waals surface area (Å²) in [6, 6.07) is 12.3. The number of hydrogen-bond acceptors (Lipinski definition) is 5. The van der Waals surface area contributed by atoms with Crippen LogP contribution in [0.25, 0.3) is 0 Å². The Kier molecular flexibility index (Phi) is 4.06. The van der Waals surface area contributed by atoms with Crippen LogP contribution in [0.4, 0.5) is 0 Å². The van der Waals surface area contributed by atoms with Crippen molar-refractivity contribution >= 4 is 11.8 Å². The zero-order chi connectivity index (χ0) is 14.7. The smallest absolute Gasteiger partial charge is 0.191 e. The van der Waals surface area contributed by atoms with Crippen LogP contribution >= 0.6 is 11.8 Å². The summed E-state index contributed by atoms with van der Waals surface area (Å²) in [6.45, 7) is 4.64. The van der Waals surface area contributed by atoms with E-state index in [-0.39, 0.29) is 0 Å². The number of nitrogens with zero attached hydrogens (tertiary/aromatic N) is 4. The quantitative estimate of drug-likeness (QED) is 0.677. The van der Waals surface area contributed by atoms with Crippen LogP contribution in [0.5, 0.6) is 0 Å². The maximum absolute atomic E-state index is 5.08. The summed E-state index contributed by atoms with van der Waals surface area (Å²) in [4.78, 5) is 0. The first-order valence-corrected chi connectivity index (χ1v) is 7.69. The van der Waals surface area contributed by atoms with Crippen molar-refractivity contribution in [1.29, 1.82) is 0 Å². The first-order chi connectivity index (χ1) is 10.2. The average Bonchev–Trinajstić information content (AvgIpc) is 3.06. The van der Waals surface area contributed by atoms with E-state index in [0.29, 0.717) is 0 Å². The van der Waals surface area contributed by atoms with E-state index >= 15 is 0 Å². The van der Waals surface area contributed by atoms with Crippen LogP contribution < -0.4 is 0 Å². The highest BCUT2D eigenvalue weighted by molar-refractivity contribution is 7.98. The Morgan fingerprint density at radius 3 is 2.67 bits per heavy atom. The molecule has 21 heavy (non-hydrogen) atoms. The minimum absolute atomic E-state index is 0.726. The zero-order valence-corrected chi connectivity index (χ0v) is 12.8. The highest BCUT2D eigenvalue weighted by Gasteiger charge is 2.11. The molecule has 0 spiro atoms. The molecule has 0 fully saturated rings. The van der Waals surface area contributed by atoms with Crippen molar-refractivity contribution in [2.75, 3.05) is 0 Å². The topological polar surface area (TPSA) is 56.7 Å². The third kappa shape index (κ3) is 3.33. The summed E-state index contributed by atoms with van der Waals surface area (Å²) in [5, 5.41) is 13.3. The molecule has 3 aromatic rings. The Labute approximate surface area is 127 Å². The van der Waals surface area contributed by atoms with Gasteiger partial charge in [-0.1, -0.05) is 47.3 Å². The predicted molar refractivity (Wildman–Crippen MR) is 81.1 cm³/mol. The number of benzene rings is 1. The summed E-state index contributed by atoms with van der Waals surface area (Å²) in [7, 11) is 0. The summed E-state index contributed by atoms with van der Waals surface area (Å²) in [5.74, 6) is 2.47. The molecule has 3 rings (SSSR count). The number of hydrogen-bond donors (Lipinski definition) is 0. The lowest BCUT2D eigenvalue weighted by Crippen LogP contribution is -2.03. The normalized spacial score (nSPS) is 11.0. The molecule has 0 aliphatic rings. The highest BCUT2D eigenvalue weighted by Crippen LogP contribution is 2.22. The molecule has 108 valence electrons. The van der Waals surface area contributed by atoms with Crippen LogP contribution in [0.15, 0.2) is 46.1 Å². The van der Waals surface area contributed by atoms with Gasteiger partial charge >= 0.3 is 0 Å². The Hall–Kier alpha value is -2.08. The lowest BCUT2D eigenvalue weighted by atomic mass is 10.2. The molecular formula is C15H16N4OS. The maximum atomic E-state index is 5.08. The average molecular weight is 300 g/mol. The van der Waals surface area contributed by atoms with Crippen LogP contribution in [0, 0.1) is 13.8 Å². The second-order valence-corrected chi connectivity index (χ2v) is 5.76. The van der Waals surface area contributed by atoms with Crippen LogP contribution in [0.2, 0.25) is 0 Å². The minimum Gasteiger partial charge on any atom is -0.361 e. The van der Waals surface area contributed by atoms with Gasteiger partial charge < -0.3 is 9.09 Å². The number of aryl methyl sites for hydroxylation is 2. The fraction of sp³-hybridized carbons (Fsp3) is 0.267. The molecule has 0 atom stereocenters. The minimum atomic E-state index is 0.726. The second kappa shape index (κ2) is 6.13. The molecule has 2 heterocycles. The molecule has 0 N–H and O–H groups in total. The van der Waals surface area contributed by atoms with Gasteiger partial charge in [-0.25, -0.2) is 0 Å². The van der Waals surface area contributed by atoms with Crippen LogP contribution in [-0.4, -0.2) is 19.9 Å². The number of rotatable bonds is 5. The molecule has 0 unspecified atom stereocenters. The third-order valence-electron chi connectivity index (χ3n) is 3.11. The third-order valence-corrected chi connectivity index (χ3v) is 4.11. The first kappa shape index (κ1) is 13.9. The largest absolute Gasteiger partial charge is 0.361 e. The fourth-order valence-electron chi connectivity index (χ4n) is 2.04. The van der Waals surface area contributed by atoms with Gasteiger partial charge in [-0.15, -0.1) is 10.2 Å². The van der Waals surface area contributed by atoms with Crippen LogP contribution in [-0.2, 0) is 12.3 Å². The Bertz CT molecular complexity index is 720. The van der Waals surface area contributed by atoms with Crippen LogP contribution in [0.3, 0.4) is 0 Å². The van der Waals surface area contributed by atoms with E-state index in [1.807, 2.05) is 38.1 Å². The van der Waals surface area contributed by atoms with E-state index in [4.69, 9.17) is 4.52 Å². The van der Waals surface area contributed by atoms with Gasteiger partial charge in [-0.2, -0.15) is 0 Å². The zero-order valence-electron chi connectivity index (χ0n) is 12.0.